The molecular weight excluding hydrogens is 348 g/mol. The third kappa shape index (κ3) is 3.74. The first kappa shape index (κ1) is 18.0. The third-order valence-corrected chi connectivity index (χ3v) is 4.16. The Kier molecular flexibility index (Phi) is 4.80. The van der Waals surface area contributed by atoms with Gasteiger partial charge in [0.2, 0.25) is 0 Å². The first-order valence-electron chi connectivity index (χ1n) is 8.09. The first-order valence-corrected chi connectivity index (χ1v) is 8.09. The molecule has 0 aliphatic rings. The predicted molar refractivity (Wildman–Crippen MR) is 102 cm³/mol. The molecule has 8 nitrogen and oxygen atoms in total. The number of aromatic nitrogens is 1. The van der Waals surface area contributed by atoms with Crippen LogP contribution in [0.4, 0.5) is 17.1 Å². The van der Waals surface area contributed by atoms with Gasteiger partial charge in [-0.15, -0.1) is 0 Å². The van der Waals surface area contributed by atoms with Gasteiger partial charge >= 0.3 is 0 Å². The molecule has 0 aliphatic carbocycles. The van der Waals surface area contributed by atoms with Gasteiger partial charge in [-0.3, -0.25) is 25.2 Å². The molecule has 2 aromatic carbocycles. The van der Waals surface area contributed by atoms with Crippen LogP contribution in [0.2, 0.25) is 0 Å². The van der Waals surface area contributed by atoms with Gasteiger partial charge in [0.15, 0.2) is 0 Å². The van der Waals surface area contributed by atoms with Gasteiger partial charge < -0.3 is 4.57 Å². The lowest BCUT2D eigenvalue weighted by molar-refractivity contribution is -0.385. The second kappa shape index (κ2) is 7.20. The van der Waals surface area contributed by atoms with Gasteiger partial charge in [0.25, 0.3) is 11.4 Å². The van der Waals surface area contributed by atoms with Crippen molar-refractivity contribution < 1.29 is 9.85 Å². The van der Waals surface area contributed by atoms with Crippen molar-refractivity contribution in [3.63, 3.8) is 0 Å². The maximum atomic E-state index is 11.0. The Bertz CT molecular complexity index is 1070. The summed E-state index contributed by atoms with van der Waals surface area (Å²) in [6.45, 7) is 3.79. The topological polar surface area (TPSA) is 104 Å². The number of hydrogen-bond acceptors (Lipinski definition) is 5. The predicted octanol–water partition coefficient (Wildman–Crippen LogP) is 4.66. The van der Waals surface area contributed by atoms with Crippen molar-refractivity contribution >= 4 is 23.3 Å². The molecule has 27 heavy (non-hydrogen) atoms. The summed E-state index contributed by atoms with van der Waals surface area (Å²) in [4.78, 5) is 25.3. The molecule has 0 bridgehead atoms. The van der Waals surface area contributed by atoms with Gasteiger partial charge in [0.05, 0.1) is 21.2 Å². The Morgan fingerprint density at radius 2 is 1.56 bits per heavy atom. The van der Waals surface area contributed by atoms with Crippen LogP contribution in [-0.4, -0.2) is 20.6 Å². The van der Waals surface area contributed by atoms with Gasteiger partial charge in [-0.25, -0.2) is 0 Å². The van der Waals surface area contributed by atoms with E-state index in [9.17, 15) is 20.2 Å². The number of aryl methyl sites for hydroxylation is 1. The summed E-state index contributed by atoms with van der Waals surface area (Å²) >= 11 is 0. The van der Waals surface area contributed by atoms with E-state index in [0.29, 0.717) is 11.4 Å². The van der Waals surface area contributed by atoms with Crippen molar-refractivity contribution in [1.82, 2.24) is 4.57 Å². The molecule has 136 valence electrons. The number of nitro groups is 2. The number of nitrogens with zero attached hydrogens (tertiary/aromatic N) is 4. The average Bonchev–Trinajstić information content (AvgIpc) is 2.93. The molecule has 0 radical (unpaired) electrons. The molecule has 0 N–H and O–H groups in total. The highest BCUT2D eigenvalue weighted by molar-refractivity contribution is 5.84. The van der Waals surface area contributed by atoms with E-state index in [0.717, 1.165) is 17.0 Å². The molecule has 1 aromatic heterocycles. The number of rotatable bonds is 5. The van der Waals surface area contributed by atoms with Crippen LogP contribution in [0.25, 0.3) is 5.69 Å². The Hall–Kier alpha value is -3.81. The molecule has 0 aliphatic heterocycles. The lowest BCUT2D eigenvalue weighted by atomic mass is 10.2. The van der Waals surface area contributed by atoms with Crippen LogP contribution >= 0.6 is 0 Å². The molecule has 3 rings (SSSR count). The largest absolute Gasteiger partial charge is 0.318 e. The molecule has 0 saturated carbocycles. The van der Waals surface area contributed by atoms with Crippen LogP contribution in [0.15, 0.2) is 59.6 Å². The van der Waals surface area contributed by atoms with Crippen LogP contribution in [0, 0.1) is 34.1 Å². The molecule has 3 aromatic rings. The minimum Gasteiger partial charge on any atom is -0.318 e. The fourth-order valence-electron chi connectivity index (χ4n) is 2.89. The van der Waals surface area contributed by atoms with E-state index in [1.165, 1.54) is 24.3 Å². The third-order valence-electron chi connectivity index (χ3n) is 4.16. The van der Waals surface area contributed by atoms with Crippen LogP contribution in [0.1, 0.15) is 17.0 Å². The summed E-state index contributed by atoms with van der Waals surface area (Å²) in [7, 11) is 0. The van der Waals surface area contributed by atoms with Crippen molar-refractivity contribution in [2.45, 2.75) is 13.8 Å². The Balaban J connectivity index is 1.97. The summed E-state index contributed by atoms with van der Waals surface area (Å²) in [5.41, 5.74) is 3.75. The van der Waals surface area contributed by atoms with E-state index in [1.54, 1.807) is 30.5 Å². The molecule has 1 heterocycles. The zero-order valence-corrected chi connectivity index (χ0v) is 14.7. The van der Waals surface area contributed by atoms with Crippen molar-refractivity contribution in [3.05, 3.63) is 91.8 Å². The zero-order chi connectivity index (χ0) is 19.6. The summed E-state index contributed by atoms with van der Waals surface area (Å²) < 4.78 is 1.90. The Morgan fingerprint density at radius 1 is 0.926 bits per heavy atom. The van der Waals surface area contributed by atoms with Crippen molar-refractivity contribution in [2.75, 3.05) is 0 Å². The van der Waals surface area contributed by atoms with Gasteiger partial charge in [0.1, 0.15) is 0 Å². The molecule has 0 atom stereocenters. The highest BCUT2D eigenvalue weighted by atomic mass is 16.6. The summed E-state index contributed by atoms with van der Waals surface area (Å²) in [5.74, 6) is 0. The highest BCUT2D eigenvalue weighted by Crippen LogP contribution is 2.24. The molecule has 8 heteroatoms. The van der Waals surface area contributed by atoms with Gasteiger partial charge in [-0.2, -0.15) is 0 Å². The van der Waals surface area contributed by atoms with Crippen LogP contribution in [0.3, 0.4) is 0 Å². The second-order valence-electron chi connectivity index (χ2n) is 5.97. The highest BCUT2D eigenvalue weighted by Gasteiger charge is 2.13. The minimum absolute atomic E-state index is 0.0202. The standard InChI is InChI=1S/C19H16N4O4/c1-13-9-15(12-20-16-5-3-7-18(10-16)22(24)25)14(2)21(13)17-6-4-8-19(11-17)23(26)27/h3-12H,1-2H3. The van der Waals surface area contributed by atoms with E-state index in [-0.39, 0.29) is 11.4 Å². The van der Waals surface area contributed by atoms with Gasteiger partial charge in [0, 0.05) is 47.4 Å². The molecule has 0 fully saturated rings. The van der Waals surface area contributed by atoms with E-state index < -0.39 is 9.85 Å². The zero-order valence-electron chi connectivity index (χ0n) is 14.7. The maximum Gasteiger partial charge on any atom is 0.271 e. The fraction of sp³-hybridized carbons (Fsp3) is 0.105. The quantitative estimate of drug-likeness (QED) is 0.373. The monoisotopic (exact) mass is 364 g/mol. The number of nitro benzene ring substituents is 2. The number of benzene rings is 2. The van der Waals surface area contributed by atoms with Crippen LogP contribution in [0.5, 0.6) is 0 Å². The molecular formula is C19H16N4O4. The smallest absolute Gasteiger partial charge is 0.271 e. The lowest BCUT2D eigenvalue weighted by Gasteiger charge is -2.09. The second-order valence-corrected chi connectivity index (χ2v) is 5.97. The number of aliphatic imine (C=N–C) groups is 1. The normalized spacial score (nSPS) is 11.0. The fourth-order valence-corrected chi connectivity index (χ4v) is 2.89. The lowest BCUT2D eigenvalue weighted by Crippen LogP contribution is -2.00. The van der Waals surface area contributed by atoms with E-state index >= 15 is 0 Å². The summed E-state index contributed by atoms with van der Waals surface area (Å²) in [5, 5.41) is 21.9. The summed E-state index contributed by atoms with van der Waals surface area (Å²) in [6, 6.07) is 14.4. The molecule has 0 spiro atoms. The number of hydrogen-bond donors (Lipinski definition) is 0. The van der Waals surface area contributed by atoms with Crippen molar-refractivity contribution in [3.8, 4) is 5.69 Å². The molecule has 0 unspecified atom stereocenters. The van der Waals surface area contributed by atoms with Crippen molar-refractivity contribution in [2.24, 2.45) is 4.99 Å². The van der Waals surface area contributed by atoms with Gasteiger partial charge in [-0.1, -0.05) is 12.1 Å². The SMILES string of the molecule is Cc1cc(C=Nc2cccc([N+](=O)[O-])c2)c(C)n1-c1cccc([N+](=O)[O-])c1. The van der Waals surface area contributed by atoms with Gasteiger partial charge in [-0.05, 0) is 32.0 Å². The molecule has 0 saturated heterocycles. The van der Waals surface area contributed by atoms with E-state index in [1.807, 2.05) is 24.5 Å². The van der Waals surface area contributed by atoms with Crippen molar-refractivity contribution in [1.29, 1.82) is 0 Å². The molecule has 0 amide bonds. The number of non-ortho nitro benzene ring substituents is 2. The maximum absolute atomic E-state index is 11.0. The van der Waals surface area contributed by atoms with Crippen LogP contribution < -0.4 is 0 Å². The Labute approximate surface area is 154 Å². The minimum atomic E-state index is -0.465. The first-order chi connectivity index (χ1) is 12.9. The Morgan fingerprint density at radius 3 is 2.22 bits per heavy atom. The summed E-state index contributed by atoms with van der Waals surface area (Å²) in [6.07, 6.45) is 1.63. The van der Waals surface area contributed by atoms with Crippen LogP contribution in [-0.2, 0) is 0 Å². The van der Waals surface area contributed by atoms with E-state index in [2.05, 4.69) is 4.99 Å². The van der Waals surface area contributed by atoms with E-state index in [4.69, 9.17) is 0 Å². The average molecular weight is 364 g/mol.